The average Bonchev–Trinajstić information content (AvgIpc) is 2.61. The van der Waals surface area contributed by atoms with Gasteiger partial charge in [-0.3, -0.25) is 9.63 Å². The van der Waals surface area contributed by atoms with Gasteiger partial charge in [0.2, 0.25) is 0 Å². The van der Waals surface area contributed by atoms with Crippen molar-refractivity contribution in [2.24, 2.45) is 5.92 Å². The molecule has 3 unspecified atom stereocenters. The fourth-order valence-corrected chi connectivity index (χ4v) is 2.36. The van der Waals surface area contributed by atoms with Crippen LogP contribution in [0, 0.1) is 5.92 Å². The number of ether oxygens (including phenoxy) is 1. The van der Waals surface area contributed by atoms with Crippen molar-refractivity contribution in [1.82, 2.24) is 5.48 Å². The number of esters is 1. The first-order valence-electron chi connectivity index (χ1n) is 5.40. The first kappa shape index (κ1) is 9.93. The molecule has 1 aliphatic carbocycles. The number of carbonyl (C=O) groups excluding carboxylic acids is 1. The Balaban J connectivity index is 1.96. The molecule has 2 fully saturated rings. The van der Waals surface area contributed by atoms with Gasteiger partial charge in [0.15, 0.2) is 0 Å². The highest BCUT2D eigenvalue weighted by molar-refractivity contribution is 5.76. The molecule has 3 atom stereocenters. The van der Waals surface area contributed by atoms with Crippen LogP contribution in [0.15, 0.2) is 0 Å². The molecule has 0 aromatic carbocycles. The van der Waals surface area contributed by atoms with Gasteiger partial charge in [0, 0.05) is 5.92 Å². The highest BCUT2D eigenvalue weighted by atomic mass is 16.7. The second-order valence-corrected chi connectivity index (χ2v) is 3.95. The number of hydrogen-bond donors (Lipinski definition) is 1. The Morgan fingerprint density at radius 1 is 1.50 bits per heavy atom. The zero-order chi connectivity index (χ0) is 9.97. The summed E-state index contributed by atoms with van der Waals surface area (Å²) in [5.74, 6) is 0.157. The summed E-state index contributed by atoms with van der Waals surface area (Å²) in [4.78, 5) is 16.9. The van der Waals surface area contributed by atoms with Gasteiger partial charge in [-0.2, -0.15) is 5.48 Å². The summed E-state index contributed by atoms with van der Waals surface area (Å²) in [5, 5.41) is 0. The molecule has 14 heavy (non-hydrogen) atoms. The van der Waals surface area contributed by atoms with Crippen LogP contribution in [0.25, 0.3) is 0 Å². The predicted molar refractivity (Wildman–Crippen MR) is 50.4 cm³/mol. The van der Waals surface area contributed by atoms with E-state index in [-0.39, 0.29) is 18.1 Å². The summed E-state index contributed by atoms with van der Waals surface area (Å²) >= 11 is 0. The lowest BCUT2D eigenvalue weighted by atomic mass is 9.83. The van der Waals surface area contributed by atoms with Crippen LogP contribution in [-0.2, 0) is 14.4 Å². The molecule has 2 rings (SSSR count). The van der Waals surface area contributed by atoms with Crippen molar-refractivity contribution in [3.8, 4) is 0 Å². The van der Waals surface area contributed by atoms with Crippen molar-refractivity contribution < 1.29 is 14.4 Å². The molecule has 80 valence electrons. The summed E-state index contributed by atoms with van der Waals surface area (Å²) in [5.41, 5.74) is 2.81. The normalized spacial score (nSPS) is 36.5. The van der Waals surface area contributed by atoms with E-state index in [0.29, 0.717) is 12.5 Å². The van der Waals surface area contributed by atoms with Gasteiger partial charge in [-0.05, 0) is 19.8 Å². The van der Waals surface area contributed by atoms with Crippen LogP contribution in [0.2, 0.25) is 0 Å². The summed E-state index contributed by atoms with van der Waals surface area (Å²) in [7, 11) is 0. The van der Waals surface area contributed by atoms with Crippen LogP contribution >= 0.6 is 0 Å². The molecule has 1 aliphatic heterocycles. The van der Waals surface area contributed by atoms with Gasteiger partial charge in [0.25, 0.3) is 0 Å². The van der Waals surface area contributed by atoms with Crippen LogP contribution < -0.4 is 5.48 Å². The minimum absolute atomic E-state index is 0.165. The summed E-state index contributed by atoms with van der Waals surface area (Å²) < 4.78 is 4.99. The monoisotopic (exact) mass is 199 g/mol. The van der Waals surface area contributed by atoms with E-state index in [2.05, 4.69) is 5.48 Å². The van der Waals surface area contributed by atoms with Gasteiger partial charge in [-0.15, -0.1) is 0 Å². The van der Waals surface area contributed by atoms with E-state index in [1.54, 1.807) is 0 Å². The van der Waals surface area contributed by atoms with Crippen LogP contribution in [0.1, 0.15) is 32.6 Å². The maximum atomic E-state index is 11.5. The lowest BCUT2D eigenvalue weighted by molar-refractivity contribution is -0.147. The van der Waals surface area contributed by atoms with Crippen molar-refractivity contribution >= 4 is 5.97 Å². The third kappa shape index (κ3) is 1.77. The Morgan fingerprint density at radius 2 is 2.29 bits per heavy atom. The quantitative estimate of drug-likeness (QED) is 0.674. The van der Waals surface area contributed by atoms with Crippen molar-refractivity contribution in [2.75, 3.05) is 6.61 Å². The topological polar surface area (TPSA) is 47.6 Å². The fourth-order valence-electron chi connectivity index (χ4n) is 2.36. The molecule has 1 N–H and O–H groups in total. The highest BCUT2D eigenvalue weighted by Gasteiger charge is 2.43. The second kappa shape index (κ2) is 4.28. The van der Waals surface area contributed by atoms with E-state index in [0.717, 1.165) is 12.8 Å². The van der Waals surface area contributed by atoms with Crippen molar-refractivity contribution in [3.05, 3.63) is 0 Å². The van der Waals surface area contributed by atoms with Gasteiger partial charge in [0.1, 0.15) is 6.04 Å². The van der Waals surface area contributed by atoms with E-state index >= 15 is 0 Å². The van der Waals surface area contributed by atoms with Gasteiger partial charge in [-0.1, -0.05) is 12.8 Å². The Morgan fingerprint density at radius 3 is 3.07 bits per heavy atom. The summed E-state index contributed by atoms with van der Waals surface area (Å²) in [6.07, 6.45) is 4.76. The average molecular weight is 199 g/mol. The molecule has 0 aromatic heterocycles. The van der Waals surface area contributed by atoms with Crippen LogP contribution in [0.4, 0.5) is 0 Å². The zero-order valence-corrected chi connectivity index (χ0v) is 8.49. The van der Waals surface area contributed by atoms with Crippen molar-refractivity contribution in [2.45, 2.75) is 44.8 Å². The molecule has 2 aliphatic rings. The molecule has 4 heteroatoms. The standard InChI is InChI=1S/C10H17NO3/c1-2-13-10(12)9-7-5-3-4-6-8(7)14-11-9/h7-9,11H,2-6H2,1H3. The van der Waals surface area contributed by atoms with E-state index in [1.165, 1.54) is 12.8 Å². The van der Waals surface area contributed by atoms with Gasteiger partial charge >= 0.3 is 5.97 Å². The molecular weight excluding hydrogens is 182 g/mol. The van der Waals surface area contributed by atoms with Crippen LogP contribution in [0.5, 0.6) is 0 Å². The third-order valence-corrected chi connectivity index (χ3v) is 3.07. The molecule has 0 spiro atoms. The number of hydrogen-bond acceptors (Lipinski definition) is 4. The first-order valence-corrected chi connectivity index (χ1v) is 5.40. The number of hydroxylamine groups is 1. The van der Waals surface area contributed by atoms with Gasteiger partial charge in [0.05, 0.1) is 12.7 Å². The molecule has 0 aromatic rings. The summed E-state index contributed by atoms with van der Waals surface area (Å²) in [6, 6.07) is -0.236. The molecular formula is C10H17NO3. The Kier molecular flexibility index (Phi) is 3.03. The molecule has 1 saturated heterocycles. The van der Waals surface area contributed by atoms with E-state index in [4.69, 9.17) is 9.57 Å². The van der Waals surface area contributed by atoms with Crippen molar-refractivity contribution in [3.63, 3.8) is 0 Å². The zero-order valence-electron chi connectivity index (χ0n) is 8.49. The molecule has 1 heterocycles. The fraction of sp³-hybridized carbons (Fsp3) is 0.900. The lowest BCUT2D eigenvalue weighted by Gasteiger charge is -2.24. The van der Waals surface area contributed by atoms with E-state index in [1.807, 2.05) is 6.92 Å². The lowest BCUT2D eigenvalue weighted by Crippen LogP contribution is -2.38. The first-order chi connectivity index (χ1) is 6.83. The Bertz CT molecular complexity index is 219. The Labute approximate surface area is 83.9 Å². The van der Waals surface area contributed by atoms with Crippen LogP contribution in [0.3, 0.4) is 0 Å². The molecule has 1 saturated carbocycles. The number of fused-ring (bicyclic) bond motifs is 1. The smallest absolute Gasteiger partial charge is 0.325 e. The largest absolute Gasteiger partial charge is 0.465 e. The van der Waals surface area contributed by atoms with Gasteiger partial charge in [-0.25, -0.2) is 0 Å². The second-order valence-electron chi connectivity index (χ2n) is 3.95. The maximum absolute atomic E-state index is 11.5. The van der Waals surface area contributed by atoms with E-state index < -0.39 is 0 Å². The SMILES string of the molecule is CCOC(=O)C1NOC2CCCCC21. The molecule has 0 amide bonds. The predicted octanol–water partition coefficient (Wildman–Crippen LogP) is 1.01. The number of carbonyl (C=O) groups is 1. The number of nitrogens with one attached hydrogen (secondary N) is 1. The third-order valence-electron chi connectivity index (χ3n) is 3.07. The van der Waals surface area contributed by atoms with Gasteiger partial charge < -0.3 is 4.74 Å². The molecule has 4 nitrogen and oxygen atoms in total. The maximum Gasteiger partial charge on any atom is 0.325 e. The number of rotatable bonds is 2. The van der Waals surface area contributed by atoms with Crippen molar-refractivity contribution in [1.29, 1.82) is 0 Å². The van der Waals surface area contributed by atoms with Crippen LogP contribution in [-0.4, -0.2) is 24.7 Å². The highest BCUT2D eigenvalue weighted by Crippen LogP contribution is 2.33. The molecule has 0 radical (unpaired) electrons. The summed E-state index contributed by atoms with van der Waals surface area (Å²) in [6.45, 7) is 2.26. The Hall–Kier alpha value is -0.610. The minimum atomic E-state index is -0.236. The van der Waals surface area contributed by atoms with E-state index in [9.17, 15) is 4.79 Å². The minimum Gasteiger partial charge on any atom is -0.465 e. The molecule has 0 bridgehead atoms.